The Morgan fingerprint density at radius 2 is 1.67 bits per heavy atom. The SMILES string of the molecule is COc1ccc(NC(=O)c2nn(-c3ccc(C)cc3)c(=O)n(C)c2=O)cc1. The summed E-state index contributed by atoms with van der Waals surface area (Å²) < 4.78 is 6.95. The number of hydrogen-bond acceptors (Lipinski definition) is 5. The molecular weight excluding hydrogens is 348 g/mol. The lowest BCUT2D eigenvalue weighted by Gasteiger charge is -2.10. The van der Waals surface area contributed by atoms with Crippen LogP contribution in [0.1, 0.15) is 16.1 Å². The van der Waals surface area contributed by atoms with Crippen LogP contribution >= 0.6 is 0 Å². The molecule has 1 N–H and O–H groups in total. The third-order valence-electron chi connectivity index (χ3n) is 4.02. The molecule has 0 fully saturated rings. The molecule has 3 rings (SSSR count). The molecule has 1 amide bonds. The number of aryl methyl sites for hydroxylation is 1. The van der Waals surface area contributed by atoms with E-state index in [9.17, 15) is 14.4 Å². The van der Waals surface area contributed by atoms with Crippen molar-refractivity contribution in [3.63, 3.8) is 0 Å². The molecule has 0 spiro atoms. The first-order valence-corrected chi connectivity index (χ1v) is 8.13. The van der Waals surface area contributed by atoms with Gasteiger partial charge in [-0.2, -0.15) is 9.78 Å². The standard InChI is InChI=1S/C19H18N4O4/c1-12-4-8-14(9-5-12)23-19(26)22(2)18(25)16(21-23)17(24)20-13-6-10-15(27-3)11-7-13/h4-11H,1-3H3,(H,20,24). The topological polar surface area (TPSA) is 95.2 Å². The number of aromatic nitrogens is 3. The van der Waals surface area contributed by atoms with Gasteiger partial charge in [0, 0.05) is 12.7 Å². The lowest BCUT2D eigenvalue weighted by molar-refractivity contribution is 0.101. The van der Waals surface area contributed by atoms with Crippen LogP contribution in [0.15, 0.2) is 58.1 Å². The van der Waals surface area contributed by atoms with Crippen LogP contribution in [0.5, 0.6) is 5.75 Å². The zero-order valence-electron chi connectivity index (χ0n) is 15.1. The van der Waals surface area contributed by atoms with Crippen LogP contribution in [-0.4, -0.2) is 27.4 Å². The summed E-state index contributed by atoms with van der Waals surface area (Å²) in [7, 11) is 2.84. The monoisotopic (exact) mass is 366 g/mol. The number of rotatable bonds is 4. The van der Waals surface area contributed by atoms with Crippen molar-refractivity contribution in [3.05, 3.63) is 80.6 Å². The molecular formula is C19H18N4O4. The van der Waals surface area contributed by atoms with E-state index >= 15 is 0 Å². The van der Waals surface area contributed by atoms with Crippen molar-refractivity contribution in [3.8, 4) is 11.4 Å². The highest BCUT2D eigenvalue weighted by Gasteiger charge is 2.19. The third kappa shape index (κ3) is 3.64. The molecule has 138 valence electrons. The van der Waals surface area contributed by atoms with Crippen molar-refractivity contribution in [2.24, 2.45) is 7.05 Å². The Labute approximate surface area is 154 Å². The van der Waals surface area contributed by atoms with Gasteiger partial charge in [-0.15, -0.1) is 0 Å². The number of methoxy groups -OCH3 is 1. The smallest absolute Gasteiger partial charge is 0.351 e. The first-order chi connectivity index (χ1) is 12.9. The number of nitrogens with one attached hydrogen (secondary N) is 1. The molecule has 2 aromatic carbocycles. The largest absolute Gasteiger partial charge is 0.497 e. The van der Waals surface area contributed by atoms with E-state index < -0.39 is 17.2 Å². The number of carbonyl (C=O) groups excluding carboxylic acids is 1. The molecule has 1 aromatic heterocycles. The second-order valence-corrected chi connectivity index (χ2v) is 5.93. The average Bonchev–Trinajstić information content (AvgIpc) is 2.68. The maximum absolute atomic E-state index is 12.6. The molecule has 0 atom stereocenters. The number of ether oxygens (including phenoxy) is 1. The molecule has 0 unspecified atom stereocenters. The molecule has 3 aromatic rings. The van der Waals surface area contributed by atoms with Crippen molar-refractivity contribution in [2.45, 2.75) is 6.92 Å². The minimum absolute atomic E-state index is 0.381. The highest BCUT2D eigenvalue weighted by Crippen LogP contribution is 2.15. The van der Waals surface area contributed by atoms with Crippen LogP contribution in [0.3, 0.4) is 0 Å². The van der Waals surface area contributed by atoms with E-state index in [2.05, 4.69) is 10.4 Å². The van der Waals surface area contributed by atoms with Crippen LogP contribution in [0.2, 0.25) is 0 Å². The molecule has 0 aliphatic rings. The van der Waals surface area contributed by atoms with Crippen LogP contribution in [0.25, 0.3) is 5.69 Å². The van der Waals surface area contributed by atoms with E-state index in [0.717, 1.165) is 14.8 Å². The summed E-state index contributed by atoms with van der Waals surface area (Å²) in [6.45, 7) is 1.91. The maximum Gasteiger partial charge on any atom is 0.351 e. The van der Waals surface area contributed by atoms with Crippen molar-refractivity contribution in [1.29, 1.82) is 0 Å². The summed E-state index contributed by atoms with van der Waals surface area (Å²) in [6.07, 6.45) is 0. The van der Waals surface area contributed by atoms with E-state index in [-0.39, 0.29) is 5.69 Å². The van der Waals surface area contributed by atoms with Gasteiger partial charge in [0.05, 0.1) is 12.8 Å². The quantitative estimate of drug-likeness (QED) is 0.755. The van der Waals surface area contributed by atoms with Crippen molar-refractivity contribution in [1.82, 2.24) is 14.3 Å². The molecule has 1 heterocycles. The summed E-state index contributed by atoms with van der Waals surface area (Å²) >= 11 is 0. The van der Waals surface area contributed by atoms with E-state index in [1.54, 1.807) is 36.4 Å². The highest BCUT2D eigenvalue weighted by molar-refractivity contribution is 6.02. The molecule has 0 aliphatic carbocycles. The first-order valence-electron chi connectivity index (χ1n) is 8.13. The van der Waals surface area contributed by atoms with E-state index in [4.69, 9.17) is 4.74 Å². The summed E-state index contributed by atoms with van der Waals surface area (Å²) in [4.78, 5) is 37.3. The fraction of sp³-hybridized carbons (Fsp3) is 0.158. The average molecular weight is 366 g/mol. The Hall–Kier alpha value is -3.68. The summed E-state index contributed by atoms with van der Waals surface area (Å²) in [5, 5.41) is 6.60. The van der Waals surface area contributed by atoms with Gasteiger partial charge in [0.15, 0.2) is 0 Å². The number of nitrogens with zero attached hydrogens (tertiary/aromatic N) is 3. The maximum atomic E-state index is 12.6. The predicted molar refractivity (Wildman–Crippen MR) is 101 cm³/mol. The normalized spacial score (nSPS) is 10.5. The zero-order chi connectivity index (χ0) is 19.6. The second-order valence-electron chi connectivity index (χ2n) is 5.93. The Kier molecular flexibility index (Phi) is 4.89. The molecule has 0 saturated carbocycles. The van der Waals surface area contributed by atoms with Crippen molar-refractivity contribution < 1.29 is 9.53 Å². The molecule has 0 saturated heterocycles. The Balaban J connectivity index is 2.01. The molecule has 27 heavy (non-hydrogen) atoms. The van der Waals surface area contributed by atoms with Crippen LogP contribution in [0.4, 0.5) is 5.69 Å². The number of hydrogen-bond donors (Lipinski definition) is 1. The number of carbonyl (C=O) groups is 1. The number of anilines is 1. The first kappa shape index (κ1) is 18.1. The van der Waals surface area contributed by atoms with Crippen LogP contribution in [-0.2, 0) is 7.05 Å². The van der Waals surface area contributed by atoms with E-state index in [1.165, 1.54) is 14.2 Å². The van der Waals surface area contributed by atoms with E-state index in [0.29, 0.717) is 17.1 Å². The molecule has 0 bridgehead atoms. The van der Waals surface area contributed by atoms with Crippen LogP contribution < -0.4 is 21.3 Å². The number of amides is 1. The minimum Gasteiger partial charge on any atom is -0.497 e. The predicted octanol–water partition coefficient (Wildman–Crippen LogP) is 1.50. The fourth-order valence-electron chi connectivity index (χ4n) is 2.43. The summed E-state index contributed by atoms with van der Waals surface area (Å²) in [5.74, 6) is -0.0726. The fourth-order valence-corrected chi connectivity index (χ4v) is 2.43. The zero-order valence-corrected chi connectivity index (χ0v) is 15.1. The molecule has 0 aliphatic heterocycles. The minimum atomic E-state index is -0.769. The third-order valence-corrected chi connectivity index (χ3v) is 4.02. The lowest BCUT2D eigenvalue weighted by atomic mass is 10.2. The van der Waals surface area contributed by atoms with Gasteiger partial charge in [0.25, 0.3) is 11.5 Å². The Bertz CT molecular complexity index is 1100. The molecule has 8 nitrogen and oxygen atoms in total. The van der Waals surface area contributed by atoms with Gasteiger partial charge in [0.2, 0.25) is 5.69 Å². The van der Waals surface area contributed by atoms with Gasteiger partial charge in [-0.3, -0.25) is 14.2 Å². The van der Waals surface area contributed by atoms with Gasteiger partial charge >= 0.3 is 5.69 Å². The lowest BCUT2D eigenvalue weighted by Crippen LogP contribution is -2.43. The summed E-state index contributed by atoms with van der Waals surface area (Å²) in [6, 6.07) is 13.6. The highest BCUT2D eigenvalue weighted by atomic mass is 16.5. The van der Waals surface area contributed by atoms with E-state index in [1.807, 2.05) is 19.1 Å². The van der Waals surface area contributed by atoms with Crippen molar-refractivity contribution >= 4 is 11.6 Å². The number of benzene rings is 2. The van der Waals surface area contributed by atoms with Gasteiger partial charge in [-0.1, -0.05) is 17.7 Å². The van der Waals surface area contributed by atoms with Gasteiger partial charge < -0.3 is 10.1 Å². The van der Waals surface area contributed by atoms with Crippen LogP contribution in [0, 0.1) is 6.92 Å². The summed E-state index contributed by atoms with van der Waals surface area (Å²) in [5.41, 5.74) is 0.152. The molecule has 8 heteroatoms. The van der Waals surface area contributed by atoms with Gasteiger partial charge in [0.1, 0.15) is 5.75 Å². The van der Waals surface area contributed by atoms with Crippen molar-refractivity contribution in [2.75, 3.05) is 12.4 Å². The second kappa shape index (κ2) is 7.28. The Morgan fingerprint density at radius 3 is 2.26 bits per heavy atom. The molecule has 0 radical (unpaired) electrons. The van der Waals surface area contributed by atoms with Gasteiger partial charge in [-0.05, 0) is 43.3 Å². The van der Waals surface area contributed by atoms with Gasteiger partial charge in [-0.25, -0.2) is 4.79 Å². The Morgan fingerprint density at radius 1 is 1.04 bits per heavy atom.